The predicted molar refractivity (Wildman–Crippen MR) is 56.0 cm³/mol. The van der Waals surface area contributed by atoms with E-state index in [-0.39, 0.29) is 34.1 Å². The molecule has 0 aliphatic heterocycles. The van der Waals surface area contributed by atoms with E-state index in [4.69, 9.17) is 10.1 Å². The van der Waals surface area contributed by atoms with Crippen molar-refractivity contribution < 1.29 is 19.7 Å². The van der Waals surface area contributed by atoms with E-state index in [1.165, 1.54) is 19.2 Å². The topological polar surface area (TPSA) is 90.6 Å². The summed E-state index contributed by atoms with van der Waals surface area (Å²) in [5.41, 5.74) is -0.180. The molecule has 5 heteroatoms. The maximum atomic E-state index is 11.6. The molecule has 0 spiro atoms. The fourth-order valence-electron chi connectivity index (χ4n) is 1.63. The van der Waals surface area contributed by atoms with E-state index in [0.717, 1.165) is 6.08 Å². The number of methoxy groups -OCH3 is 1. The van der Waals surface area contributed by atoms with Gasteiger partial charge >= 0.3 is 0 Å². The Morgan fingerprint density at radius 1 is 1.19 bits per heavy atom. The number of carbonyl (C=O) groups excluding carboxylic acids is 1. The first-order valence-electron chi connectivity index (χ1n) is 4.50. The molecule has 1 aliphatic carbocycles. The molecule has 0 fully saturated rings. The van der Waals surface area contributed by atoms with Gasteiger partial charge in [-0.15, -0.1) is 0 Å². The molecule has 0 radical (unpaired) electrons. The third-order valence-electron chi connectivity index (χ3n) is 2.39. The number of benzene rings is 1. The van der Waals surface area contributed by atoms with Crippen molar-refractivity contribution in [1.29, 1.82) is 5.41 Å². The minimum atomic E-state index is -0.490. The van der Waals surface area contributed by atoms with Gasteiger partial charge in [-0.25, -0.2) is 0 Å². The van der Waals surface area contributed by atoms with Gasteiger partial charge in [0, 0.05) is 6.08 Å². The molecule has 1 aliphatic rings. The average molecular weight is 219 g/mol. The lowest BCUT2D eigenvalue weighted by Gasteiger charge is -2.18. The van der Waals surface area contributed by atoms with Crippen molar-refractivity contribution in [3.63, 3.8) is 0 Å². The number of aromatic hydroxyl groups is 2. The zero-order chi connectivity index (χ0) is 11.9. The lowest BCUT2D eigenvalue weighted by Crippen LogP contribution is -2.18. The SMILES string of the molecule is COC1=CC(=O)c2c(O)ccc(O)c2C1=N. The molecule has 5 nitrogen and oxygen atoms in total. The summed E-state index contributed by atoms with van der Waals surface area (Å²) in [6, 6.07) is 2.44. The smallest absolute Gasteiger partial charge is 0.194 e. The van der Waals surface area contributed by atoms with Gasteiger partial charge in [0.25, 0.3) is 0 Å². The first-order valence-corrected chi connectivity index (χ1v) is 4.50. The monoisotopic (exact) mass is 219 g/mol. The number of rotatable bonds is 1. The van der Waals surface area contributed by atoms with Gasteiger partial charge in [-0.1, -0.05) is 0 Å². The Morgan fingerprint density at radius 2 is 1.75 bits per heavy atom. The first-order chi connectivity index (χ1) is 7.56. The van der Waals surface area contributed by atoms with Crippen LogP contribution in [0, 0.1) is 5.41 Å². The molecule has 0 saturated heterocycles. The lowest BCUT2D eigenvalue weighted by molar-refractivity contribution is 0.103. The summed E-state index contributed by atoms with van der Waals surface area (Å²) < 4.78 is 4.85. The van der Waals surface area contributed by atoms with Crippen LogP contribution in [0.3, 0.4) is 0 Å². The van der Waals surface area contributed by atoms with Gasteiger partial charge in [0.1, 0.15) is 23.0 Å². The van der Waals surface area contributed by atoms with Crippen LogP contribution < -0.4 is 0 Å². The number of hydrogen-bond acceptors (Lipinski definition) is 5. The Labute approximate surface area is 91.1 Å². The Morgan fingerprint density at radius 3 is 2.31 bits per heavy atom. The van der Waals surface area contributed by atoms with Crippen LogP contribution in [0.25, 0.3) is 0 Å². The molecule has 3 N–H and O–H groups in total. The Kier molecular flexibility index (Phi) is 2.16. The van der Waals surface area contributed by atoms with Crippen molar-refractivity contribution in [3.8, 4) is 11.5 Å². The van der Waals surface area contributed by atoms with Gasteiger partial charge in [0.15, 0.2) is 5.78 Å². The van der Waals surface area contributed by atoms with Crippen LogP contribution in [-0.2, 0) is 4.74 Å². The quantitative estimate of drug-likeness (QED) is 0.619. The van der Waals surface area contributed by atoms with Gasteiger partial charge in [0.2, 0.25) is 0 Å². The highest BCUT2D eigenvalue weighted by molar-refractivity contribution is 6.26. The summed E-state index contributed by atoms with van der Waals surface area (Å²) in [5.74, 6) is -0.905. The number of allylic oxidation sites excluding steroid dienone is 2. The van der Waals surface area contributed by atoms with Gasteiger partial charge in [-0.2, -0.15) is 0 Å². The summed E-state index contributed by atoms with van der Waals surface area (Å²) in [5, 5.41) is 26.9. The third kappa shape index (κ3) is 1.25. The van der Waals surface area contributed by atoms with Crippen molar-refractivity contribution in [3.05, 3.63) is 35.1 Å². The van der Waals surface area contributed by atoms with Crippen LogP contribution in [0.15, 0.2) is 24.0 Å². The van der Waals surface area contributed by atoms with Gasteiger partial charge in [-0.05, 0) is 12.1 Å². The molecule has 0 amide bonds. The summed E-state index contributed by atoms with van der Waals surface area (Å²) in [7, 11) is 1.33. The van der Waals surface area contributed by atoms with Crippen molar-refractivity contribution >= 4 is 11.5 Å². The molecule has 0 heterocycles. The largest absolute Gasteiger partial charge is 0.507 e. The maximum absolute atomic E-state index is 11.6. The molecule has 82 valence electrons. The zero-order valence-electron chi connectivity index (χ0n) is 8.44. The van der Waals surface area contributed by atoms with E-state index in [2.05, 4.69) is 0 Å². The van der Waals surface area contributed by atoms with Gasteiger partial charge in [-0.3, -0.25) is 10.2 Å². The second kappa shape index (κ2) is 3.37. The predicted octanol–water partition coefficient (Wildman–Crippen LogP) is 1.19. The summed E-state index contributed by atoms with van der Waals surface area (Å²) in [6.45, 7) is 0. The van der Waals surface area contributed by atoms with Crippen LogP contribution in [-0.4, -0.2) is 28.8 Å². The van der Waals surface area contributed by atoms with Crippen molar-refractivity contribution in [1.82, 2.24) is 0 Å². The average Bonchev–Trinajstić information content (AvgIpc) is 2.26. The molecular formula is C11H9NO4. The molecule has 0 saturated carbocycles. The van der Waals surface area contributed by atoms with Crippen molar-refractivity contribution in [2.45, 2.75) is 0 Å². The van der Waals surface area contributed by atoms with Crippen LogP contribution in [0.4, 0.5) is 0 Å². The number of hydrogen-bond donors (Lipinski definition) is 3. The molecule has 1 aromatic rings. The fraction of sp³-hybridized carbons (Fsp3) is 0.0909. The van der Waals surface area contributed by atoms with Crippen LogP contribution >= 0.6 is 0 Å². The number of nitrogens with one attached hydrogen (secondary N) is 1. The first kappa shape index (κ1) is 10.2. The minimum Gasteiger partial charge on any atom is -0.507 e. The molecule has 2 rings (SSSR count). The lowest BCUT2D eigenvalue weighted by atomic mass is 9.91. The zero-order valence-corrected chi connectivity index (χ0v) is 8.44. The van der Waals surface area contributed by atoms with Crippen molar-refractivity contribution in [2.75, 3.05) is 7.11 Å². The second-order valence-electron chi connectivity index (χ2n) is 3.31. The summed E-state index contributed by atoms with van der Waals surface area (Å²) >= 11 is 0. The van der Waals surface area contributed by atoms with Gasteiger partial charge < -0.3 is 14.9 Å². The Balaban J connectivity index is 2.75. The molecule has 0 unspecified atom stereocenters. The third-order valence-corrected chi connectivity index (χ3v) is 2.39. The molecule has 1 aromatic carbocycles. The summed E-state index contributed by atoms with van der Waals surface area (Å²) in [6.07, 6.45) is 1.11. The second-order valence-corrected chi connectivity index (χ2v) is 3.31. The molecule has 0 atom stereocenters. The van der Waals surface area contributed by atoms with E-state index in [9.17, 15) is 15.0 Å². The molecule has 16 heavy (non-hydrogen) atoms. The fourth-order valence-corrected chi connectivity index (χ4v) is 1.63. The Hall–Kier alpha value is -2.30. The van der Waals surface area contributed by atoms with E-state index in [0.29, 0.717) is 0 Å². The van der Waals surface area contributed by atoms with Crippen LogP contribution in [0.2, 0.25) is 0 Å². The molecular weight excluding hydrogens is 210 g/mol. The van der Waals surface area contributed by atoms with E-state index < -0.39 is 5.78 Å². The maximum Gasteiger partial charge on any atom is 0.194 e. The number of fused-ring (bicyclic) bond motifs is 1. The minimum absolute atomic E-state index is 0.00403. The number of phenols is 2. The summed E-state index contributed by atoms with van der Waals surface area (Å²) in [4.78, 5) is 11.6. The highest BCUT2D eigenvalue weighted by Gasteiger charge is 2.28. The van der Waals surface area contributed by atoms with E-state index >= 15 is 0 Å². The van der Waals surface area contributed by atoms with Gasteiger partial charge in [0.05, 0.1) is 18.2 Å². The highest BCUT2D eigenvalue weighted by atomic mass is 16.5. The van der Waals surface area contributed by atoms with E-state index in [1.54, 1.807) is 0 Å². The van der Waals surface area contributed by atoms with Crippen molar-refractivity contribution in [2.24, 2.45) is 0 Å². The standard InChI is InChI=1S/C11H9NO4/c1-16-8-4-7(15)9-5(13)2-3-6(14)10(9)11(8)12/h2-4,12-14H,1H3. The van der Waals surface area contributed by atoms with Crippen LogP contribution in [0.1, 0.15) is 15.9 Å². The molecule has 0 bridgehead atoms. The highest BCUT2D eigenvalue weighted by Crippen LogP contribution is 2.34. The van der Waals surface area contributed by atoms with Crippen LogP contribution in [0.5, 0.6) is 11.5 Å². The normalized spacial score (nSPS) is 14.4. The number of ketones is 1. The van der Waals surface area contributed by atoms with E-state index in [1.807, 2.05) is 0 Å². The number of phenolic OH excluding ortho intramolecular Hbond substituents is 2. The number of carbonyl (C=O) groups is 1. The Bertz CT molecular complexity index is 531. The number of ether oxygens (including phenoxy) is 1. The molecule has 0 aromatic heterocycles.